The quantitative estimate of drug-likeness (QED) is 0.686. The van der Waals surface area contributed by atoms with E-state index >= 15 is 0 Å². The van der Waals surface area contributed by atoms with Crippen LogP contribution in [0.1, 0.15) is 67.3 Å². The third-order valence-electron chi connectivity index (χ3n) is 7.12. The molecule has 1 amide bonds. The van der Waals surface area contributed by atoms with Crippen LogP contribution < -0.4 is 4.74 Å². The molecule has 0 aromatic heterocycles. The topological polar surface area (TPSA) is 32.8 Å². The molecule has 1 aliphatic heterocycles. The van der Waals surface area contributed by atoms with Gasteiger partial charge in [0.15, 0.2) is 0 Å². The summed E-state index contributed by atoms with van der Waals surface area (Å²) in [4.78, 5) is 18.2. The van der Waals surface area contributed by atoms with Crippen molar-refractivity contribution in [1.29, 1.82) is 0 Å². The Hall–Kier alpha value is -2.33. The molecule has 4 heteroatoms. The molecular formula is C26H32N2O2. The van der Waals surface area contributed by atoms with Crippen molar-refractivity contribution in [2.45, 2.75) is 63.1 Å². The molecular weight excluding hydrogens is 372 g/mol. The van der Waals surface area contributed by atoms with Crippen molar-refractivity contribution in [3.63, 3.8) is 0 Å². The monoisotopic (exact) mass is 404 g/mol. The molecule has 2 aromatic carbocycles. The van der Waals surface area contributed by atoms with E-state index in [1.807, 2.05) is 12.1 Å². The van der Waals surface area contributed by atoms with Gasteiger partial charge in [-0.25, -0.2) is 0 Å². The number of benzene rings is 2. The molecule has 2 atom stereocenters. The fourth-order valence-corrected chi connectivity index (χ4v) is 5.48. The zero-order valence-electron chi connectivity index (χ0n) is 17.9. The zero-order valence-corrected chi connectivity index (χ0v) is 17.9. The maximum Gasteiger partial charge on any atom is 0.237 e. The molecule has 4 nitrogen and oxygen atoms in total. The third-order valence-corrected chi connectivity index (χ3v) is 7.12. The van der Waals surface area contributed by atoms with Gasteiger partial charge in [0.2, 0.25) is 5.91 Å². The molecule has 1 heterocycles. The van der Waals surface area contributed by atoms with Crippen molar-refractivity contribution in [2.75, 3.05) is 20.2 Å². The number of carbonyl (C=O) groups is 1. The molecule has 2 fully saturated rings. The number of hydrogen-bond donors (Lipinski definition) is 0. The second-order valence-electron chi connectivity index (χ2n) is 9.03. The first-order valence-electron chi connectivity index (χ1n) is 11.5. The van der Waals surface area contributed by atoms with Crippen molar-refractivity contribution in [2.24, 2.45) is 0 Å². The number of fused-ring (bicyclic) bond motifs is 1. The van der Waals surface area contributed by atoms with Gasteiger partial charge in [0.05, 0.1) is 19.7 Å². The standard InChI is InChI=1S/C26H32N2O2/c1-30-22-10-4-9-20(17-22)24-13-6-16-27(24)26(29)18-28(21-14-15-21)25-12-5-8-19-7-2-3-11-23(19)25/h2-4,7,9-11,17,21,24-25H,5-6,8,12-16,18H2,1H3. The van der Waals surface area contributed by atoms with Gasteiger partial charge in [-0.15, -0.1) is 0 Å². The highest BCUT2D eigenvalue weighted by atomic mass is 16.5. The lowest BCUT2D eigenvalue weighted by Gasteiger charge is -2.37. The summed E-state index contributed by atoms with van der Waals surface area (Å²) in [5, 5.41) is 0. The summed E-state index contributed by atoms with van der Waals surface area (Å²) >= 11 is 0. The maximum atomic E-state index is 13.5. The van der Waals surface area contributed by atoms with E-state index in [4.69, 9.17) is 4.74 Å². The highest BCUT2D eigenvalue weighted by Gasteiger charge is 2.39. The average Bonchev–Trinajstić information content (AvgIpc) is 3.52. The summed E-state index contributed by atoms with van der Waals surface area (Å²) in [7, 11) is 1.70. The van der Waals surface area contributed by atoms with Crippen LogP contribution in [0.3, 0.4) is 0 Å². The van der Waals surface area contributed by atoms with Gasteiger partial charge in [-0.3, -0.25) is 9.69 Å². The van der Waals surface area contributed by atoms with Gasteiger partial charge in [0.1, 0.15) is 5.75 Å². The van der Waals surface area contributed by atoms with E-state index in [0.29, 0.717) is 18.6 Å². The number of nitrogens with zero attached hydrogens (tertiary/aromatic N) is 2. The van der Waals surface area contributed by atoms with E-state index in [1.165, 1.54) is 48.8 Å². The van der Waals surface area contributed by atoms with Crippen LogP contribution in [0.4, 0.5) is 0 Å². The van der Waals surface area contributed by atoms with Crippen LogP contribution >= 0.6 is 0 Å². The van der Waals surface area contributed by atoms with E-state index < -0.39 is 0 Å². The largest absolute Gasteiger partial charge is 0.497 e. The van der Waals surface area contributed by atoms with E-state index in [-0.39, 0.29) is 11.9 Å². The molecule has 2 aromatic rings. The second kappa shape index (κ2) is 8.43. The van der Waals surface area contributed by atoms with E-state index in [9.17, 15) is 4.79 Å². The maximum absolute atomic E-state index is 13.5. The third kappa shape index (κ3) is 3.85. The number of hydrogen-bond acceptors (Lipinski definition) is 3. The Morgan fingerprint density at radius 2 is 1.93 bits per heavy atom. The summed E-state index contributed by atoms with van der Waals surface area (Å²) in [6.07, 6.45) is 8.12. The van der Waals surface area contributed by atoms with Gasteiger partial charge in [-0.2, -0.15) is 0 Å². The highest BCUT2D eigenvalue weighted by molar-refractivity contribution is 5.79. The van der Waals surface area contributed by atoms with Gasteiger partial charge in [-0.05, 0) is 73.8 Å². The minimum absolute atomic E-state index is 0.173. The first kappa shape index (κ1) is 19.6. The lowest BCUT2D eigenvalue weighted by Crippen LogP contribution is -2.43. The molecule has 158 valence electrons. The van der Waals surface area contributed by atoms with Crippen LogP contribution in [0.5, 0.6) is 5.75 Å². The molecule has 5 rings (SSSR count). The lowest BCUT2D eigenvalue weighted by molar-refractivity contribution is -0.134. The smallest absolute Gasteiger partial charge is 0.237 e. The molecule has 1 saturated carbocycles. The molecule has 1 saturated heterocycles. The highest BCUT2D eigenvalue weighted by Crippen LogP contribution is 2.41. The van der Waals surface area contributed by atoms with Crippen LogP contribution in [0.25, 0.3) is 0 Å². The Labute approximate surface area is 179 Å². The predicted octanol–water partition coefficient (Wildman–Crippen LogP) is 4.90. The Bertz CT molecular complexity index is 907. The minimum Gasteiger partial charge on any atom is -0.497 e. The van der Waals surface area contributed by atoms with Crippen molar-refractivity contribution in [3.05, 3.63) is 65.2 Å². The minimum atomic E-state index is 0.173. The number of aryl methyl sites for hydroxylation is 1. The Morgan fingerprint density at radius 1 is 1.07 bits per heavy atom. The van der Waals surface area contributed by atoms with Gasteiger partial charge in [-0.1, -0.05) is 36.4 Å². The molecule has 3 aliphatic rings. The number of likely N-dealkylation sites (tertiary alicyclic amines) is 1. The SMILES string of the molecule is COc1cccc(C2CCCN2C(=O)CN(C2CC2)C2CCCc3ccccc32)c1. The Kier molecular flexibility index (Phi) is 5.51. The molecule has 0 bridgehead atoms. The summed E-state index contributed by atoms with van der Waals surface area (Å²) in [6, 6.07) is 18.2. The van der Waals surface area contributed by atoms with Crippen molar-refractivity contribution < 1.29 is 9.53 Å². The molecule has 0 N–H and O–H groups in total. The second-order valence-corrected chi connectivity index (χ2v) is 9.03. The fourth-order valence-electron chi connectivity index (χ4n) is 5.48. The van der Waals surface area contributed by atoms with Crippen LogP contribution in [0.2, 0.25) is 0 Å². The van der Waals surface area contributed by atoms with Gasteiger partial charge < -0.3 is 9.64 Å². The van der Waals surface area contributed by atoms with E-state index in [2.05, 4.69) is 46.2 Å². The fraction of sp³-hybridized carbons (Fsp3) is 0.500. The van der Waals surface area contributed by atoms with Crippen molar-refractivity contribution in [3.8, 4) is 5.75 Å². The van der Waals surface area contributed by atoms with Crippen molar-refractivity contribution in [1.82, 2.24) is 9.80 Å². The molecule has 0 radical (unpaired) electrons. The summed E-state index contributed by atoms with van der Waals surface area (Å²) < 4.78 is 5.42. The van der Waals surface area contributed by atoms with Crippen LogP contribution in [-0.2, 0) is 11.2 Å². The first-order chi connectivity index (χ1) is 14.7. The molecule has 2 aliphatic carbocycles. The molecule has 0 spiro atoms. The number of amides is 1. The normalized spacial score (nSPS) is 23.5. The summed E-state index contributed by atoms with van der Waals surface area (Å²) in [5.74, 6) is 1.15. The van der Waals surface area contributed by atoms with Gasteiger partial charge in [0.25, 0.3) is 0 Å². The zero-order chi connectivity index (χ0) is 20.5. The number of rotatable bonds is 6. The Morgan fingerprint density at radius 3 is 2.77 bits per heavy atom. The van der Waals surface area contributed by atoms with Gasteiger partial charge in [0, 0.05) is 18.6 Å². The summed E-state index contributed by atoms with van der Waals surface area (Å²) in [6.45, 7) is 1.41. The predicted molar refractivity (Wildman–Crippen MR) is 119 cm³/mol. The molecule has 2 unspecified atom stereocenters. The molecule has 30 heavy (non-hydrogen) atoms. The van der Waals surface area contributed by atoms with Crippen molar-refractivity contribution >= 4 is 5.91 Å². The van der Waals surface area contributed by atoms with Crippen LogP contribution in [0.15, 0.2) is 48.5 Å². The van der Waals surface area contributed by atoms with E-state index in [0.717, 1.165) is 25.1 Å². The van der Waals surface area contributed by atoms with E-state index in [1.54, 1.807) is 7.11 Å². The average molecular weight is 405 g/mol. The Balaban J connectivity index is 1.35. The van der Waals surface area contributed by atoms with Gasteiger partial charge >= 0.3 is 0 Å². The summed E-state index contributed by atoms with van der Waals surface area (Å²) in [5.41, 5.74) is 4.12. The number of ether oxygens (including phenoxy) is 1. The van der Waals surface area contributed by atoms with Crippen LogP contribution in [-0.4, -0.2) is 41.9 Å². The first-order valence-corrected chi connectivity index (χ1v) is 11.5. The number of carbonyl (C=O) groups excluding carboxylic acids is 1. The lowest BCUT2D eigenvalue weighted by atomic mass is 9.86. The number of methoxy groups -OCH3 is 1. The van der Waals surface area contributed by atoms with Crippen LogP contribution in [0, 0.1) is 0 Å².